The molecule has 109 valence electrons. The van der Waals surface area contributed by atoms with Crippen LogP contribution < -0.4 is 0 Å². The minimum atomic E-state index is -0.731. The number of benzene rings is 3. The number of rotatable bonds is 4. The third-order valence-electron chi connectivity index (χ3n) is 3.08. The average molecular weight is 307 g/mol. The van der Waals surface area contributed by atoms with Crippen LogP contribution in [0, 0.1) is 0 Å². The molecule has 0 amide bonds. The van der Waals surface area contributed by atoms with Crippen molar-refractivity contribution in [1.82, 2.24) is 0 Å². The smallest absolute Gasteiger partial charge is 0.349 e. The lowest BCUT2D eigenvalue weighted by Crippen LogP contribution is -2.04. The van der Waals surface area contributed by atoms with E-state index in [0.717, 1.165) is 9.79 Å². The highest BCUT2D eigenvalue weighted by Crippen LogP contribution is 2.45. The Kier molecular flexibility index (Phi) is 4.56. The second kappa shape index (κ2) is 6.96. The first-order valence-corrected chi connectivity index (χ1v) is 8.12. The van der Waals surface area contributed by atoms with Gasteiger partial charge < -0.3 is 4.18 Å². The summed E-state index contributed by atoms with van der Waals surface area (Å²) in [6.07, 6.45) is 0. The maximum absolute atomic E-state index is 12.4. The Morgan fingerprint density at radius 3 is 1.50 bits per heavy atom. The van der Waals surface area contributed by atoms with E-state index in [0.29, 0.717) is 5.56 Å². The van der Waals surface area contributed by atoms with E-state index in [9.17, 15) is 4.79 Å². The molecular weight excluding hydrogens is 292 g/mol. The molecule has 0 unspecified atom stereocenters. The summed E-state index contributed by atoms with van der Waals surface area (Å²) < 4.78 is 5.80. The second-order valence-corrected chi connectivity index (χ2v) is 6.28. The molecule has 0 atom stereocenters. The van der Waals surface area contributed by atoms with Crippen LogP contribution in [0.1, 0.15) is 10.4 Å². The zero-order chi connectivity index (χ0) is 15.2. The first kappa shape index (κ1) is 14.4. The fourth-order valence-electron chi connectivity index (χ4n) is 2.02. The largest absolute Gasteiger partial charge is 0.391 e. The van der Waals surface area contributed by atoms with Gasteiger partial charge in [0.05, 0.1) is 5.56 Å². The van der Waals surface area contributed by atoms with Gasteiger partial charge in [0.2, 0.25) is 0 Å². The van der Waals surface area contributed by atoms with Crippen molar-refractivity contribution in [3.63, 3.8) is 0 Å². The van der Waals surface area contributed by atoms with Crippen LogP contribution in [0.4, 0.5) is 0 Å². The molecule has 0 N–H and O–H groups in total. The minimum absolute atomic E-state index is 0.309. The molecule has 0 aliphatic rings. The molecule has 3 aromatic rings. The summed E-state index contributed by atoms with van der Waals surface area (Å²) in [6.45, 7) is 0. The summed E-state index contributed by atoms with van der Waals surface area (Å²) in [5, 5.41) is 0. The Labute approximate surface area is 132 Å². The number of carbonyl (C=O) groups is 1. The van der Waals surface area contributed by atoms with Gasteiger partial charge in [-0.25, -0.2) is 4.79 Å². The Morgan fingerprint density at radius 2 is 1.05 bits per heavy atom. The topological polar surface area (TPSA) is 26.3 Å². The first-order chi connectivity index (χ1) is 10.8. The minimum Gasteiger partial charge on any atom is -0.391 e. The van der Waals surface area contributed by atoms with Crippen molar-refractivity contribution in [2.75, 3.05) is 0 Å². The van der Waals surface area contributed by atoms with Crippen molar-refractivity contribution in [2.45, 2.75) is 9.79 Å². The monoisotopic (exact) mass is 307 g/mol. The van der Waals surface area contributed by atoms with Gasteiger partial charge in [0, 0.05) is 21.0 Å². The highest BCUT2D eigenvalue weighted by Gasteiger charge is 2.18. The van der Waals surface area contributed by atoms with E-state index in [1.807, 2.05) is 78.9 Å². The van der Waals surface area contributed by atoms with E-state index in [4.69, 9.17) is 4.18 Å². The average Bonchev–Trinajstić information content (AvgIpc) is 2.62. The van der Waals surface area contributed by atoms with Gasteiger partial charge in [-0.2, -0.15) is 0 Å². The Morgan fingerprint density at radius 1 is 0.636 bits per heavy atom. The van der Waals surface area contributed by atoms with Crippen LogP contribution in [-0.4, -0.2) is 5.97 Å². The molecule has 0 aliphatic heterocycles. The summed E-state index contributed by atoms with van der Waals surface area (Å²) in [5.41, 5.74) is 0.562. The van der Waals surface area contributed by atoms with Gasteiger partial charge in [0.25, 0.3) is 0 Å². The zero-order valence-electron chi connectivity index (χ0n) is 11.9. The van der Waals surface area contributed by atoms with Crippen LogP contribution in [0.2, 0.25) is 0 Å². The fraction of sp³-hybridized carbons (Fsp3) is 0. The molecule has 3 aromatic carbocycles. The van der Waals surface area contributed by atoms with Crippen molar-refractivity contribution < 1.29 is 8.98 Å². The Hall–Kier alpha value is -2.52. The van der Waals surface area contributed by atoms with E-state index < -0.39 is 11.2 Å². The third kappa shape index (κ3) is 3.38. The molecular formula is C19H15O2S. The molecule has 3 heteroatoms. The maximum atomic E-state index is 12.4. The van der Waals surface area contributed by atoms with Crippen LogP contribution in [-0.2, 0) is 4.18 Å². The normalized spacial score (nSPS) is 10.4. The molecule has 0 heterocycles. The van der Waals surface area contributed by atoms with Gasteiger partial charge in [0.15, 0.2) is 0 Å². The molecule has 0 bridgehead atoms. The molecule has 3 rings (SSSR count). The summed E-state index contributed by atoms with van der Waals surface area (Å²) in [6, 6.07) is 28.7. The molecule has 22 heavy (non-hydrogen) atoms. The van der Waals surface area contributed by atoms with E-state index >= 15 is 0 Å². The lowest BCUT2D eigenvalue weighted by atomic mass is 10.2. The van der Waals surface area contributed by atoms with Crippen LogP contribution in [0.15, 0.2) is 101 Å². The summed E-state index contributed by atoms with van der Waals surface area (Å²) >= 11 is -0.731. The molecule has 0 saturated carbocycles. The quantitative estimate of drug-likeness (QED) is 0.666. The summed E-state index contributed by atoms with van der Waals surface area (Å²) in [4.78, 5) is 14.4. The Balaban J connectivity index is 1.91. The highest BCUT2D eigenvalue weighted by molar-refractivity contribution is 8.13. The van der Waals surface area contributed by atoms with Gasteiger partial charge in [-0.3, -0.25) is 0 Å². The lowest BCUT2D eigenvalue weighted by molar-refractivity contribution is 0.0763. The number of hydrogen-bond donors (Lipinski definition) is 0. The number of hydrogen-bond acceptors (Lipinski definition) is 2. The molecule has 2 nitrogen and oxygen atoms in total. The van der Waals surface area contributed by atoms with Crippen LogP contribution in [0.5, 0.6) is 0 Å². The fourth-order valence-corrected chi connectivity index (χ4v) is 3.54. The van der Waals surface area contributed by atoms with Crippen molar-refractivity contribution in [3.8, 4) is 0 Å². The van der Waals surface area contributed by atoms with E-state index in [1.54, 1.807) is 12.1 Å². The standard InChI is InChI=1S/C19H15O2S/c20-19(16-10-4-1-5-11-16)21-22(17-12-6-2-7-13-17)18-14-8-3-9-15-18/h1-15H. The summed E-state index contributed by atoms with van der Waals surface area (Å²) in [7, 11) is 0. The highest BCUT2D eigenvalue weighted by atomic mass is 32.2. The maximum Gasteiger partial charge on any atom is 0.349 e. The SMILES string of the molecule is O=C(O[S](c1ccccc1)c1ccccc1)c1ccccc1. The molecule has 1 radical (unpaired) electrons. The van der Waals surface area contributed by atoms with E-state index in [2.05, 4.69) is 0 Å². The molecule has 0 aromatic heterocycles. The van der Waals surface area contributed by atoms with Crippen LogP contribution >= 0.6 is 11.2 Å². The first-order valence-electron chi connectivity index (χ1n) is 6.97. The van der Waals surface area contributed by atoms with Crippen molar-refractivity contribution in [1.29, 1.82) is 0 Å². The van der Waals surface area contributed by atoms with Crippen molar-refractivity contribution in [3.05, 3.63) is 96.6 Å². The third-order valence-corrected chi connectivity index (χ3v) is 4.80. The van der Waals surface area contributed by atoms with Gasteiger partial charge in [-0.05, 0) is 36.4 Å². The van der Waals surface area contributed by atoms with Crippen LogP contribution in [0.3, 0.4) is 0 Å². The van der Waals surface area contributed by atoms with Crippen molar-refractivity contribution >= 4 is 17.1 Å². The lowest BCUT2D eigenvalue weighted by Gasteiger charge is -2.19. The predicted molar refractivity (Wildman–Crippen MR) is 88.9 cm³/mol. The van der Waals surface area contributed by atoms with Crippen LogP contribution in [0.25, 0.3) is 0 Å². The molecule has 0 spiro atoms. The van der Waals surface area contributed by atoms with Crippen molar-refractivity contribution in [2.24, 2.45) is 0 Å². The summed E-state index contributed by atoms with van der Waals surface area (Å²) in [5.74, 6) is -0.309. The van der Waals surface area contributed by atoms with Gasteiger partial charge >= 0.3 is 5.97 Å². The molecule has 0 aliphatic carbocycles. The second-order valence-electron chi connectivity index (χ2n) is 4.63. The van der Waals surface area contributed by atoms with E-state index in [-0.39, 0.29) is 5.97 Å². The number of carbonyl (C=O) groups excluding carboxylic acids is 1. The van der Waals surface area contributed by atoms with Gasteiger partial charge in [0.1, 0.15) is 0 Å². The predicted octanol–water partition coefficient (Wildman–Crippen LogP) is 5.15. The van der Waals surface area contributed by atoms with Gasteiger partial charge in [-0.15, -0.1) is 0 Å². The van der Waals surface area contributed by atoms with E-state index in [1.165, 1.54) is 0 Å². The zero-order valence-corrected chi connectivity index (χ0v) is 12.7. The molecule has 0 saturated heterocycles. The Bertz CT molecular complexity index is 688. The molecule has 0 fully saturated rings. The van der Waals surface area contributed by atoms with Gasteiger partial charge in [-0.1, -0.05) is 54.6 Å².